The third-order valence-electron chi connectivity index (χ3n) is 4.28. The van der Waals surface area contributed by atoms with Crippen molar-refractivity contribution >= 4 is 11.6 Å². The van der Waals surface area contributed by atoms with Gasteiger partial charge in [-0.25, -0.2) is 0 Å². The number of aryl methyl sites for hydroxylation is 1. The number of hydrogen-bond acceptors (Lipinski definition) is 2. The van der Waals surface area contributed by atoms with E-state index < -0.39 is 0 Å². The smallest absolute Gasteiger partial charge is 0.253 e. The van der Waals surface area contributed by atoms with Gasteiger partial charge in [0.1, 0.15) is 0 Å². The summed E-state index contributed by atoms with van der Waals surface area (Å²) in [6.45, 7) is 6.44. The monoisotopic (exact) mass is 260 g/mol. The number of amides is 1. The van der Waals surface area contributed by atoms with Crippen LogP contribution in [-0.2, 0) is 0 Å². The zero-order chi connectivity index (χ0) is 14.0. The lowest BCUT2D eigenvalue weighted by Gasteiger charge is -2.33. The van der Waals surface area contributed by atoms with Crippen LogP contribution in [0, 0.1) is 18.8 Å². The lowest BCUT2D eigenvalue weighted by Crippen LogP contribution is -2.42. The average Bonchev–Trinajstić information content (AvgIpc) is 2.32. The topological polar surface area (TPSA) is 55.1 Å². The standard InChI is InChI=1S/C16H24N2O/c1-10-7-8-14(12(3)9-10)18-16(19)15-11(2)5-4-6-13(15)17/h4-6,10,12,14H,7-9,17H2,1-3H3,(H,18,19). The molecule has 104 valence electrons. The van der Waals surface area contributed by atoms with Gasteiger partial charge < -0.3 is 11.1 Å². The lowest BCUT2D eigenvalue weighted by molar-refractivity contribution is 0.0900. The van der Waals surface area contributed by atoms with Gasteiger partial charge in [-0.1, -0.05) is 26.0 Å². The zero-order valence-corrected chi connectivity index (χ0v) is 12.1. The van der Waals surface area contributed by atoms with E-state index >= 15 is 0 Å². The quantitative estimate of drug-likeness (QED) is 0.803. The molecular formula is C16H24N2O. The Labute approximate surface area is 115 Å². The van der Waals surface area contributed by atoms with Crippen molar-refractivity contribution in [1.82, 2.24) is 5.32 Å². The molecular weight excluding hydrogens is 236 g/mol. The first-order valence-corrected chi connectivity index (χ1v) is 7.15. The van der Waals surface area contributed by atoms with Crippen LogP contribution in [0.5, 0.6) is 0 Å². The average molecular weight is 260 g/mol. The highest BCUT2D eigenvalue weighted by molar-refractivity contribution is 6.00. The van der Waals surface area contributed by atoms with E-state index in [9.17, 15) is 4.79 Å². The molecule has 1 aliphatic carbocycles. The summed E-state index contributed by atoms with van der Waals surface area (Å²) < 4.78 is 0. The molecule has 1 aliphatic rings. The summed E-state index contributed by atoms with van der Waals surface area (Å²) in [4.78, 5) is 12.4. The van der Waals surface area contributed by atoms with Gasteiger partial charge in [0.2, 0.25) is 0 Å². The van der Waals surface area contributed by atoms with Crippen molar-refractivity contribution < 1.29 is 4.79 Å². The summed E-state index contributed by atoms with van der Waals surface area (Å²) in [5.41, 5.74) is 8.06. The van der Waals surface area contributed by atoms with E-state index in [1.54, 1.807) is 6.07 Å². The Hall–Kier alpha value is -1.51. The minimum absolute atomic E-state index is 0.0259. The Morgan fingerprint density at radius 3 is 2.68 bits per heavy atom. The highest BCUT2D eigenvalue weighted by Gasteiger charge is 2.27. The maximum absolute atomic E-state index is 12.4. The van der Waals surface area contributed by atoms with Gasteiger partial charge in [-0.15, -0.1) is 0 Å². The van der Waals surface area contributed by atoms with Gasteiger partial charge in [-0.05, 0) is 49.7 Å². The third kappa shape index (κ3) is 3.09. The summed E-state index contributed by atoms with van der Waals surface area (Å²) >= 11 is 0. The molecule has 0 heterocycles. The number of anilines is 1. The molecule has 3 N–H and O–H groups in total. The van der Waals surface area contributed by atoms with E-state index in [0.29, 0.717) is 17.2 Å². The SMILES string of the molecule is Cc1cccc(N)c1C(=O)NC1CCC(C)CC1C. The van der Waals surface area contributed by atoms with Crippen LogP contribution in [0.25, 0.3) is 0 Å². The molecule has 3 nitrogen and oxygen atoms in total. The predicted molar refractivity (Wildman–Crippen MR) is 79.0 cm³/mol. The number of nitrogens with two attached hydrogens (primary N) is 1. The van der Waals surface area contributed by atoms with Crippen LogP contribution in [0.2, 0.25) is 0 Å². The van der Waals surface area contributed by atoms with Crippen LogP contribution < -0.4 is 11.1 Å². The van der Waals surface area contributed by atoms with Crippen molar-refractivity contribution in [2.75, 3.05) is 5.73 Å². The minimum Gasteiger partial charge on any atom is -0.398 e. The fourth-order valence-corrected chi connectivity index (χ4v) is 3.12. The van der Waals surface area contributed by atoms with Crippen molar-refractivity contribution in [1.29, 1.82) is 0 Å². The predicted octanol–water partition coefficient (Wildman–Crippen LogP) is 3.13. The lowest BCUT2D eigenvalue weighted by atomic mass is 9.80. The van der Waals surface area contributed by atoms with Gasteiger partial charge >= 0.3 is 0 Å². The maximum atomic E-state index is 12.4. The van der Waals surface area contributed by atoms with Crippen LogP contribution in [-0.4, -0.2) is 11.9 Å². The van der Waals surface area contributed by atoms with Crippen LogP contribution in [0.15, 0.2) is 18.2 Å². The summed E-state index contributed by atoms with van der Waals surface area (Å²) in [6, 6.07) is 5.88. The largest absolute Gasteiger partial charge is 0.398 e. The number of carbonyl (C=O) groups excluding carboxylic acids is 1. The molecule has 0 saturated heterocycles. The molecule has 0 aromatic heterocycles. The maximum Gasteiger partial charge on any atom is 0.253 e. The molecule has 2 rings (SSSR count). The van der Waals surface area contributed by atoms with E-state index in [1.807, 2.05) is 19.1 Å². The van der Waals surface area contributed by atoms with Crippen LogP contribution in [0.3, 0.4) is 0 Å². The number of carbonyl (C=O) groups is 1. The normalized spacial score (nSPS) is 27.0. The van der Waals surface area contributed by atoms with Crippen LogP contribution in [0.4, 0.5) is 5.69 Å². The molecule has 3 atom stereocenters. The minimum atomic E-state index is -0.0259. The number of hydrogen-bond donors (Lipinski definition) is 2. The van der Waals surface area contributed by atoms with Crippen LogP contribution in [0.1, 0.15) is 49.0 Å². The number of nitrogens with one attached hydrogen (secondary N) is 1. The first kappa shape index (κ1) is 13.9. The first-order chi connectivity index (χ1) is 8.99. The molecule has 0 bridgehead atoms. The van der Waals surface area contributed by atoms with Crippen molar-refractivity contribution in [3.8, 4) is 0 Å². The number of nitrogen functional groups attached to an aromatic ring is 1. The van der Waals surface area contributed by atoms with Gasteiger partial charge in [0.25, 0.3) is 5.91 Å². The highest BCUT2D eigenvalue weighted by Crippen LogP contribution is 2.29. The molecule has 19 heavy (non-hydrogen) atoms. The van der Waals surface area contributed by atoms with E-state index in [2.05, 4.69) is 19.2 Å². The van der Waals surface area contributed by atoms with Crippen molar-refractivity contribution in [3.63, 3.8) is 0 Å². The molecule has 1 aromatic rings. The Bertz CT molecular complexity index is 450. The van der Waals surface area contributed by atoms with E-state index in [1.165, 1.54) is 12.8 Å². The van der Waals surface area contributed by atoms with Gasteiger partial charge in [0.05, 0.1) is 5.56 Å². The molecule has 3 unspecified atom stereocenters. The third-order valence-corrected chi connectivity index (χ3v) is 4.28. The number of benzene rings is 1. The molecule has 1 amide bonds. The molecule has 1 fully saturated rings. The highest BCUT2D eigenvalue weighted by atomic mass is 16.1. The van der Waals surface area contributed by atoms with E-state index in [0.717, 1.165) is 17.9 Å². The second-order valence-corrected chi connectivity index (χ2v) is 6.01. The molecule has 0 aliphatic heterocycles. The van der Waals surface area contributed by atoms with Crippen molar-refractivity contribution in [2.24, 2.45) is 11.8 Å². The molecule has 3 heteroatoms. The van der Waals surface area contributed by atoms with E-state index in [4.69, 9.17) is 5.73 Å². The van der Waals surface area contributed by atoms with Crippen molar-refractivity contribution in [3.05, 3.63) is 29.3 Å². The Kier molecular flexibility index (Phi) is 4.13. The van der Waals surface area contributed by atoms with Gasteiger partial charge in [0, 0.05) is 11.7 Å². The second-order valence-electron chi connectivity index (χ2n) is 6.01. The van der Waals surface area contributed by atoms with Gasteiger partial charge in [-0.3, -0.25) is 4.79 Å². The van der Waals surface area contributed by atoms with Gasteiger partial charge in [-0.2, -0.15) is 0 Å². The first-order valence-electron chi connectivity index (χ1n) is 7.15. The number of rotatable bonds is 2. The molecule has 1 aromatic carbocycles. The summed E-state index contributed by atoms with van der Waals surface area (Å²) in [5, 5.41) is 3.17. The summed E-state index contributed by atoms with van der Waals surface area (Å²) in [5.74, 6) is 1.28. The van der Waals surface area contributed by atoms with Crippen LogP contribution >= 0.6 is 0 Å². The van der Waals surface area contributed by atoms with E-state index in [-0.39, 0.29) is 11.9 Å². The summed E-state index contributed by atoms with van der Waals surface area (Å²) in [7, 11) is 0. The molecule has 0 radical (unpaired) electrons. The Morgan fingerprint density at radius 1 is 1.32 bits per heavy atom. The zero-order valence-electron chi connectivity index (χ0n) is 12.1. The Morgan fingerprint density at radius 2 is 2.05 bits per heavy atom. The Balaban J connectivity index is 2.09. The fourth-order valence-electron chi connectivity index (χ4n) is 3.12. The fraction of sp³-hybridized carbons (Fsp3) is 0.562. The van der Waals surface area contributed by atoms with Gasteiger partial charge in [0.15, 0.2) is 0 Å². The van der Waals surface area contributed by atoms with Crippen molar-refractivity contribution in [2.45, 2.75) is 46.1 Å². The molecule has 1 saturated carbocycles. The summed E-state index contributed by atoms with van der Waals surface area (Å²) in [6.07, 6.45) is 3.45. The second kappa shape index (κ2) is 5.64. The molecule has 0 spiro atoms.